The van der Waals surface area contributed by atoms with Gasteiger partial charge in [0, 0.05) is 25.6 Å². The second kappa shape index (κ2) is 8.54. The van der Waals surface area contributed by atoms with Crippen LogP contribution >= 0.6 is 0 Å². The first-order valence-corrected chi connectivity index (χ1v) is 4.88. The van der Waals surface area contributed by atoms with Crippen LogP contribution in [0.15, 0.2) is 0 Å². The van der Waals surface area contributed by atoms with Crippen molar-refractivity contribution in [2.75, 3.05) is 19.6 Å². The lowest BCUT2D eigenvalue weighted by molar-refractivity contribution is -0.121. The standard InChI is InChI=1S/C10H19N3O/c1-3-5-12-9(8-11)7-10(14)13-6-4-2/h1,9,12H,4-8,11H2,2H3,(H,13,14). The van der Waals surface area contributed by atoms with E-state index in [4.69, 9.17) is 12.2 Å². The van der Waals surface area contributed by atoms with Crippen molar-refractivity contribution in [3.8, 4) is 12.3 Å². The van der Waals surface area contributed by atoms with Crippen LogP contribution in [-0.4, -0.2) is 31.6 Å². The largest absolute Gasteiger partial charge is 0.356 e. The molecule has 4 nitrogen and oxygen atoms in total. The fraction of sp³-hybridized carbons (Fsp3) is 0.700. The van der Waals surface area contributed by atoms with E-state index in [1.165, 1.54) is 0 Å². The molecule has 14 heavy (non-hydrogen) atoms. The van der Waals surface area contributed by atoms with Gasteiger partial charge in [0.25, 0.3) is 0 Å². The highest BCUT2D eigenvalue weighted by Crippen LogP contribution is 1.89. The van der Waals surface area contributed by atoms with Gasteiger partial charge in [0.1, 0.15) is 0 Å². The molecular weight excluding hydrogens is 178 g/mol. The van der Waals surface area contributed by atoms with Crippen LogP contribution in [-0.2, 0) is 4.79 Å². The number of nitrogens with one attached hydrogen (secondary N) is 2. The minimum absolute atomic E-state index is 0.0202. The van der Waals surface area contributed by atoms with Crippen molar-refractivity contribution >= 4 is 5.91 Å². The maximum Gasteiger partial charge on any atom is 0.221 e. The zero-order chi connectivity index (χ0) is 10.8. The third-order valence-corrected chi connectivity index (χ3v) is 1.78. The predicted molar refractivity (Wildman–Crippen MR) is 57.6 cm³/mol. The molecule has 0 aliphatic rings. The summed E-state index contributed by atoms with van der Waals surface area (Å²) in [5, 5.41) is 5.79. The topological polar surface area (TPSA) is 67.1 Å². The number of carbonyl (C=O) groups is 1. The SMILES string of the molecule is C#CCNC(CN)CC(=O)NCCC. The zero-order valence-electron chi connectivity index (χ0n) is 8.68. The van der Waals surface area contributed by atoms with Crippen molar-refractivity contribution in [1.29, 1.82) is 0 Å². The van der Waals surface area contributed by atoms with Crippen molar-refractivity contribution in [3.05, 3.63) is 0 Å². The molecule has 0 aliphatic heterocycles. The zero-order valence-corrected chi connectivity index (χ0v) is 8.68. The molecule has 0 saturated carbocycles. The Labute approximate surface area is 85.6 Å². The van der Waals surface area contributed by atoms with Gasteiger partial charge in [-0.3, -0.25) is 4.79 Å². The number of hydrogen-bond donors (Lipinski definition) is 3. The van der Waals surface area contributed by atoms with Crippen molar-refractivity contribution in [2.24, 2.45) is 5.73 Å². The molecule has 0 aromatic carbocycles. The van der Waals surface area contributed by atoms with Crippen LogP contribution < -0.4 is 16.4 Å². The van der Waals surface area contributed by atoms with Crippen LogP contribution in [0.4, 0.5) is 0 Å². The van der Waals surface area contributed by atoms with Gasteiger partial charge in [-0.1, -0.05) is 12.8 Å². The quantitative estimate of drug-likeness (QED) is 0.480. The molecule has 0 saturated heterocycles. The van der Waals surface area contributed by atoms with Gasteiger partial charge in [0.15, 0.2) is 0 Å². The summed E-state index contributed by atoms with van der Waals surface area (Å²) in [6.07, 6.45) is 6.42. The number of hydrogen-bond acceptors (Lipinski definition) is 3. The van der Waals surface area contributed by atoms with E-state index in [1.54, 1.807) is 0 Å². The number of nitrogens with two attached hydrogens (primary N) is 1. The number of rotatable bonds is 7. The molecule has 0 fully saturated rings. The van der Waals surface area contributed by atoms with E-state index in [0.29, 0.717) is 26.1 Å². The van der Waals surface area contributed by atoms with Crippen LogP contribution in [0.25, 0.3) is 0 Å². The maximum atomic E-state index is 11.3. The summed E-state index contributed by atoms with van der Waals surface area (Å²) in [5.74, 6) is 2.47. The highest BCUT2D eigenvalue weighted by Gasteiger charge is 2.10. The molecule has 0 radical (unpaired) electrons. The third kappa shape index (κ3) is 6.46. The van der Waals surface area contributed by atoms with Crippen LogP contribution in [0.5, 0.6) is 0 Å². The molecule has 0 bridgehead atoms. The summed E-state index contributed by atoms with van der Waals surface area (Å²) in [6.45, 7) is 3.59. The molecule has 1 amide bonds. The monoisotopic (exact) mass is 197 g/mol. The van der Waals surface area contributed by atoms with Crippen molar-refractivity contribution < 1.29 is 4.79 Å². The van der Waals surface area contributed by atoms with Crippen LogP contribution in [0.3, 0.4) is 0 Å². The number of terminal acetylenes is 1. The molecule has 0 heterocycles. The molecule has 4 N–H and O–H groups in total. The molecule has 0 aromatic rings. The van der Waals surface area contributed by atoms with Crippen molar-refractivity contribution in [3.63, 3.8) is 0 Å². The average Bonchev–Trinajstić information content (AvgIpc) is 2.21. The van der Waals surface area contributed by atoms with Crippen LogP contribution in [0.2, 0.25) is 0 Å². The Bertz CT molecular complexity index is 198. The van der Waals surface area contributed by atoms with E-state index in [2.05, 4.69) is 16.6 Å². The summed E-state index contributed by atoms with van der Waals surface area (Å²) < 4.78 is 0. The van der Waals surface area contributed by atoms with Gasteiger partial charge in [0.2, 0.25) is 5.91 Å². The summed E-state index contributed by atoms with van der Waals surface area (Å²) in [4.78, 5) is 11.3. The Morgan fingerprint density at radius 1 is 1.64 bits per heavy atom. The van der Waals surface area contributed by atoms with Crippen molar-refractivity contribution in [2.45, 2.75) is 25.8 Å². The first-order valence-electron chi connectivity index (χ1n) is 4.88. The van der Waals surface area contributed by atoms with Gasteiger partial charge >= 0.3 is 0 Å². The maximum absolute atomic E-state index is 11.3. The Hall–Kier alpha value is -1.05. The normalized spacial score (nSPS) is 11.8. The minimum atomic E-state index is -0.0251. The van der Waals surface area contributed by atoms with E-state index >= 15 is 0 Å². The van der Waals surface area contributed by atoms with Crippen molar-refractivity contribution in [1.82, 2.24) is 10.6 Å². The summed E-state index contributed by atoms with van der Waals surface area (Å²) in [6, 6.07) is -0.0251. The molecule has 0 spiro atoms. The molecule has 0 rings (SSSR count). The number of carbonyl (C=O) groups excluding carboxylic acids is 1. The smallest absolute Gasteiger partial charge is 0.221 e. The van der Waals surface area contributed by atoms with Gasteiger partial charge in [-0.25, -0.2) is 0 Å². The van der Waals surface area contributed by atoms with Gasteiger partial charge in [-0.2, -0.15) is 0 Å². The van der Waals surface area contributed by atoms with E-state index in [9.17, 15) is 4.79 Å². The Balaban J connectivity index is 3.69. The lowest BCUT2D eigenvalue weighted by Crippen LogP contribution is -2.40. The van der Waals surface area contributed by atoms with Gasteiger partial charge in [-0.15, -0.1) is 6.42 Å². The number of amides is 1. The molecule has 1 atom stereocenters. The van der Waals surface area contributed by atoms with Crippen LogP contribution in [0, 0.1) is 12.3 Å². The molecule has 4 heteroatoms. The Morgan fingerprint density at radius 2 is 2.36 bits per heavy atom. The van der Waals surface area contributed by atoms with E-state index < -0.39 is 0 Å². The fourth-order valence-electron chi connectivity index (χ4n) is 1.00. The second-order valence-corrected chi connectivity index (χ2v) is 3.07. The summed E-state index contributed by atoms with van der Waals surface area (Å²) in [5.41, 5.74) is 5.48. The van der Waals surface area contributed by atoms with E-state index in [1.807, 2.05) is 6.92 Å². The molecular formula is C10H19N3O. The lowest BCUT2D eigenvalue weighted by atomic mass is 10.2. The average molecular weight is 197 g/mol. The molecule has 0 aliphatic carbocycles. The first kappa shape index (κ1) is 12.9. The fourth-order valence-corrected chi connectivity index (χ4v) is 1.00. The molecule has 1 unspecified atom stereocenters. The predicted octanol–water partition coefficient (Wildman–Crippen LogP) is -0.547. The van der Waals surface area contributed by atoms with Gasteiger partial charge in [-0.05, 0) is 6.42 Å². The minimum Gasteiger partial charge on any atom is -0.356 e. The lowest BCUT2D eigenvalue weighted by Gasteiger charge is -2.14. The Morgan fingerprint density at radius 3 is 2.86 bits per heavy atom. The van der Waals surface area contributed by atoms with Gasteiger partial charge < -0.3 is 16.4 Å². The van der Waals surface area contributed by atoms with E-state index in [-0.39, 0.29) is 11.9 Å². The highest BCUT2D eigenvalue weighted by atomic mass is 16.1. The first-order chi connectivity index (χ1) is 6.74. The highest BCUT2D eigenvalue weighted by molar-refractivity contribution is 5.76. The Kier molecular flexibility index (Phi) is 7.90. The molecule has 80 valence electrons. The molecule has 0 aromatic heterocycles. The van der Waals surface area contributed by atoms with Crippen LogP contribution in [0.1, 0.15) is 19.8 Å². The third-order valence-electron chi connectivity index (χ3n) is 1.78. The second-order valence-electron chi connectivity index (χ2n) is 3.07. The summed E-state index contributed by atoms with van der Waals surface area (Å²) >= 11 is 0. The summed E-state index contributed by atoms with van der Waals surface area (Å²) in [7, 11) is 0. The van der Waals surface area contributed by atoms with E-state index in [0.717, 1.165) is 6.42 Å². The van der Waals surface area contributed by atoms with Gasteiger partial charge in [0.05, 0.1) is 6.54 Å².